The highest BCUT2D eigenvalue weighted by Gasteiger charge is 2.25. The maximum absolute atomic E-state index is 2.41. The molecule has 0 nitrogen and oxygen atoms in total. The number of rotatable bonds is 4. The van der Waals surface area contributed by atoms with Gasteiger partial charge in [0.25, 0.3) is 0 Å². The summed E-state index contributed by atoms with van der Waals surface area (Å²) in [6.45, 7) is 6.83. The van der Waals surface area contributed by atoms with Crippen molar-refractivity contribution in [2.75, 3.05) is 0 Å². The molecule has 0 saturated heterocycles. The highest BCUT2D eigenvalue weighted by molar-refractivity contribution is 6.86. The fourth-order valence-corrected chi connectivity index (χ4v) is 7.15. The van der Waals surface area contributed by atoms with Crippen molar-refractivity contribution in [3.63, 3.8) is 0 Å². The molecule has 1 atom stereocenters. The topological polar surface area (TPSA) is 0 Å². The first-order chi connectivity index (χ1) is 11.2. The van der Waals surface area contributed by atoms with Gasteiger partial charge in [-0.2, -0.15) is 0 Å². The predicted octanol–water partition coefficient (Wildman–Crippen LogP) is 3.99. The number of benzene rings is 3. The molecule has 3 aromatic rings. The molecule has 0 aromatic heterocycles. The highest BCUT2D eigenvalue weighted by atomic mass is 28.3. The zero-order valence-electron chi connectivity index (χ0n) is 14.2. The smallest absolute Gasteiger partial charge is 0.0629 e. The van der Waals surface area contributed by atoms with Gasteiger partial charge in [0.15, 0.2) is 0 Å². The van der Waals surface area contributed by atoms with Gasteiger partial charge in [0.05, 0.1) is 0 Å². The van der Waals surface area contributed by atoms with Gasteiger partial charge in [-0.15, -0.1) is 0 Å². The van der Waals surface area contributed by atoms with Crippen LogP contribution in [0.2, 0.25) is 0 Å². The van der Waals surface area contributed by atoms with Crippen LogP contribution in [0.5, 0.6) is 0 Å². The molecule has 0 aliphatic carbocycles. The molecule has 0 bridgehead atoms. The van der Waals surface area contributed by atoms with E-state index in [1.165, 1.54) is 27.1 Å². The molecule has 3 aromatic carbocycles. The summed E-state index contributed by atoms with van der Waals surface area (Å²) in [7, 11) is -1.31. The molecule has 0 amide bonds. The third kappa shape index (κ3) is 3.46. The van der Waals surface area contributed by atoms with E-state index >= 15 is 0 Å². The van der Waals surface area contributed by atoms with Crippen LogP contribution >= 0.6 is 0 Å². The van der Waals surface area contributed by atoms with E-state index in [2.05, 4.69) is 99.6 Å². The molecule has 0 heterocycles. The summed E-state index contributed by atoms with van der Waals surface area (Å²) in [6, 6.07) is 29.1. The summed E-state index contributed by atoms with van der Waals surface area (Å²) in [5.41, 5.74) is 4.83. The van der Waals surface area contributed by atoms with Gasteiger partial charge in [-0.1, -0.05) is 102 Å². The van der Waals surface area contributed by atoms with Crippen LogP contribution in [0.25, 0.3) is 0 Å². The van der Waals surface area contributed by atoms with E-state index < -0.39 is 8.80 Å². The first-order valence-electron chi connectivity index (χ1n) is 8.34. The van der Waals surface area contributed by atoms with Crippen LogP contribution in [0.1, 0.15) is 29.2 Å². The fraction of sp³-hybridized carbons (Fsp3) is 0.182. The van der Waals surface area contributed by atoms with E-state index in [9.17, 15) is 0 Å². The van der Waals surface area contributed by atoms with E-state index in [0.29, 0.717) is 5.54 Å². The summed E-state index contributed by atoms with van der Waals surface area (Å²) in [6.07, 6.45) is 0. The molecule has 0 fully saturated rings. The third-order valence-electron chi connectivity index (χ3n) is 4.73. The van der Waals surface area contributed by atoms with Crippen molar-refractivity contribution in [1.29, 1.82) is 0 Å². The first kappa shape index (κ1) is 15.8. The molecule has 0 N–H and O–H groups in total. The molecule has 0 spiro atoms. The van der Waals surface area contributed by atoms with E-state index in [1.807, 2.05) is 0 Å². The first-order valence-corrected chi connectivity index (χ1v) is 10.2. The van der Waals surface area contributed by atoms with Gasteiger partial charge in [0.1, 0.15) is 8.80 Å². The molecule has 0 aliphatic rings. The fourth-order valence-electron chi connectivity index (χ4n) is 3.61. The Morgan fingerprint density at radius 1 is 0.696 bits per heavy atom. The van der Waals surface area contributed by atoms with Gasteiger partial charge in [-0.05, 0) is 30.5 Å². The van der Waals surface area contributed by atoms with Crippen LogP contribution in [0, 0.1) is 13.8 Å². The van der Waals surface area contributed by atoms with Gasteiger partial charge >= 0.3 is 0 Å². The van der Waals surface area contributed by atoms with Gasteiger partial charge in [0.2, 0.25) is 0 Å². The standard InChI is InChI=1S/C22H24Si/c1-17-14-15-22(18(2)16-17)19(3)23(20-10-6-4-7-11-20)21-12-8-5-9-13-21/h4-16,19,23H,1-3H3. The molecular weight excluding hydrogens is 292 g/mol. The minimum Gasteiger partial charge on any atom is -0.0629 e. The van der Waals surface area contributed by atoms with Gasteiger partial charge in [-0.3, -0.25) is 0 Å². The zero-order valence-corrected chi connectivity index (χ0v) is 15.3. The molecule has 0 aliphatic heterocycles. The lowest BCUT2D eigenvalue weighted by Gasteiger charge is -2.25. The molecule has 116 valence electrons. The Bertz CT molecular complexity index is 723. The molecule has 1 unspecified atom stereocenters. The lowest BCUT2D eigenvalue weighted by molar-refractivity contribution is 1.03. The Labute approximate surface area is 141 Å². The van der Waals surface area contributed by atoms with E-state index in [4.69, 9.17) is 0 Å². The van der Waals surface area contributed by atoms with E-state index in [-0.39, 0.29) is 0 Å². The average molecular weight is 317 g/mol. The quantitative estimate of drug-likeness (QED) is 0.639. The SMILES string of the molecule is Cc1ccc(C(C)[SiH](c2ccccc2)c2ccccc2)c(C)c1. The van der Waals surface area contributed by atoms with Crippen molar-refractivity contribution < 1.29 is 0 Å². The Morgan fingerprint density at radius 3 is 1.70 bits per heavy atom. The Morgan fingerprint density at radius 2 is 1.22 bits per heavy atom. The summed E-state index contributed by atoms with van der Waals surface area (Å²) >= 11 is 0. The summed E-state index contributed by atoms with van der Waals surface area (Å²) < 4.78 is 0. The Hall–Kier alpha value is -2.12. The maximum atomic E-state index is 2.41. The van der Waals surface area contributed by atoms with Crippen LogP contribution in [0.4, 0.5) is 0 Å². The largest absolute Gasteiger partial charge is 0.110 e. The van der Waals surface area contributed by atoms with Crippen LogP contribution in [-0.4, -0.2) is 8.80 Å². The summed E-state index contributed by atoms with van der Waals surface area (Å²) in [5.74, 6) is 0. The Kier molecular flexibility index (Phi) is 4.78. The minimum absolute atomic E-state index is 0.570. The van der Waals surface area contributed by atoms with Crippen LogP contribution in [0.15, 0.2) is 78.9 Å². The number of hydrogen-bond donors (Lipinski definition) is 0. The third-order valence-corrected chi connectivity index (χ3v) is 8.30. The van der Waals surface area contributed by atoms with Crippen molar-refractivity contribution in [3.05, 3.63) is 95.6 Å². The van der Waals surface area contributed by atoms with Crippen molar-refractivity contribution in [3.8, 4) is 0 Å². The molecule has 1 heteroatoms. The molecule has 0 saturated carbocycles. The molecule has 23 heavy (non-hydrogen) atoms. The second kappa shape index (κ2) is 6.97. The lowest BCUT2D eigenvalue weighted by atomic mass is 10.0. The maximum Gasteiger partial charge on any atom is 0.110 e. The molecular formula is C22H24Si. The molecule has 3 rings (SSSR count). The van der Waals surface area contributed by atoms with Crippen LogP contribution in [0.3, 0.4) is 0 Å². The van der Waals surface area contributed by atoms with Gasteiger partial charge in [-0.25, -0.2) is 0 Å². The second-order valence-electron chi connectivity index (χ2n) is 6.45. The van der Waals surface area contributed by atoms with Crippen LogP contribution in [-0.2, 0) is 0 Å². The number of hydrogen-bond acceptors (Lipinski definition) is 0. The van der Waals surface area contributed by atoms with Crippen molar-refractivity contribution in [1.82, 2.24) is 0 Å². The highest BCUT2D eigenvalue weighted by Crippen LogP contribution is 2.23. The van der Waals surface area contributed by atoms with E-state index in [0.717, 1.165) is 0 Å². The van der Waals surface area contributed by atoms with Crippen LogP contribution < -0.4 is 10.4 Å². The van der Waals surface area contributed by atoms with Crippen molar-refractivity contribution in [2.24, 2.45) is 0 Å². The second-order valence-corrected chi connectivity index (χ2v) is 9.74. The van der Waals surface area contributed by atoms with Gasteiger partial charge in [0, 0.05) is 0 Å². The average Bonchev–Trinajstić information content (AvgIpc) is 2.57. The summed E-state index contributed by atoms with van der Waals surface area (Å²) in [4.78, 5) is 0. The van der Waals surface area contributed by atoms with E-state index in [1.54, 1.807) is 0 Å². The lowest BCUT2D eigenvalue weighted by Crippen LogP contribution is -2.46. The normalized spacial score (nSPS) is 12.3. The summed E-state index contributed by atoms with van der Waals surface area (Å²) in [5, 5.41) is 3.04. The minimum atomic E-state index is -1.31. The zero-order chi connectivity index (χ0) is 16.2. The van der Waals surface area contributed by atoms with Crippen molar-refractivity contribution in [2.45, 2.75) is 26.3 Å². The van der Waals surface area contributed by atoms with Gasteiger partial charge < -0.3 is 0 Å². The Balaban J connectivity index is 2.08. The molecule has 0 radical (unpaired) electrons. The number of aryl methyl sites for hydroxylation is 2. The monoisotopic (exact) mass is 316 g/mol. The predicted molar refractivity (Wildman–Crippen MR) is 104 cm³/mol. The van der Waals surface area contributed by atoms with Crippen molar-refractivity contribution >= 4 is 19.2 Å².